The van der Waals surface area contributed by atoms with Crippen molar-refractivity contribution in [3.8, 4) is 6.07 Å². The number of Topliss-reactive ketones (excluding diaryl/α,β-unsaturated/α-hetero) is 1. The molecule has 3 fully saturated rings. The van der Waals surface area contributed by atoms with E-state index in [0.29, 0.717) is 11.6 Å². The van der Waals surface area contributed by atoms with Crippen LogP contribution in [0.15, 0.2) is 53.2 Å². The standard InChI is InChI=1S/C37H50N2O4/c1-11-36-22-31(3,4)14-16-37(36,30(43-10)39-23(2)21-40)17-15-35(9)28(36)25(41)18-27-33(7)19-24(20-38)29(42)32(5,6)26(33)12-13-34(27,35)8/h11,18-19,26,28,40H,1-2,12-17,21-22H2,3-10H3/b39-30-/t26?,28-,33-,34+,35+,36-,37+/m0/s1. The Hall–Kier alpha value is -2.78. The molecule has 0 radical (unpaired) electrons. The molecule has 0 aromatic heterocycles. The molecule has 0 aromatic carbocycles. The summed E-state index contributed by atoms with van der Waals surface area (Å²) in [7, 11) is 1.63. The molecule has 0 aromatic rings. The molecule has 6 nitrogen and oxygen atoms in total. The van der Waals surface area contributed by atoms with Crippen LogP contribution >= 0.6 is 0 Å². The minimum absolute atomic E-state index is 0.00161. The zero-order chi connectivity index (χ0) is 32.0. The number of carbonyl (C=O) groups excluding carboxylic acids is 2. The lowest BCUT2D eigenvalue weighted by Crippen LogP contribution is -2.69. The summed E-state index contributed by atoms with van der Waals surface area (Å²) in [6.07, 6.45) is 11.6. The van der Waals surface area contributed by atoms with Crippen molar-refractivity contribution in [1.82, 2.24) is 0 Å². The topological polar surface area (TPSA) is 99.8 Å². The van der Waals surface area contributed by atoms with Crippen LogP contribution in [0.3, 0.4) is 0 Å². The highest BCUT2D eigenvalue weighted by Gasteiger charge is 2.75. The second kappa shape index (κ2) is 9.61. The summed E-state index contributed by atoms with van der Waals surface area (Å²) in [5, 5.41) is 19.8. The molecule has 6 heteroatoms. The second-order valence-electron chi connectivity index (χ2n) is 16.3. The molecule has 232 valence electrons. The summed E-state index contributed by atoms with van der Waals surface area (Å²) < 4.78 is 6.07. The van der Waals surface area contributed by atoms with Gasteiger partial charge in [-0.3, -0.25) is 9.59 Å². The van der Waals surface area contributed by atoms with E-state index in [9.17, 15) is 20.0 Å². The predicted molar refractivity (Wildman–Crippen MR) is 169 cm³/mol. The van der Waals surface area contributed by atoms with Crippen molar-refractivity contribution in [3.63, 3.8) is 0 Å². The van der Waals surface area contributed by atoms with Crippen molar-refractivity contribution in [2.75, 3.05) is 13.7 Å². The summed E-state index contributed by atoms with van der Waals surface area (Å²) in [5.74, 6) is 0.178. The van der Waals surface area contributed by atoms with Crippen molar-refractivity contribution in [1.29, 1.82) is 5.26 Å². The molecule has 0 saturated heterocycles. The third-order valence-electron chi connectivity index (χ3n) is 13.5. The van der Waals surface area contributed by atoms with E-state index in [2.05, 4.69) is 59.9 Å². The number of aliphatic hydroxyl groups excluding tert-OH is 1. The number of rotatable bonds is 4. The molecule has 1 unspecified atom stereocenters. The fourth-order valence-corrected chi connectivity index (χ4v) is 11.3. The number of nitriles is 1. The maximum absolute atomic E-state index is 15.0. The Labute approximate surface area is 258 Å². The van der Waals surface area contributed by atoms with Crippen LogP contribution in [0.2, 0.25) is 0 Å². The van der Waals surface area contributed by atoms with Crippen molar-refractivity contribution in [2.24, 2.45) is 54.7 Å². The zero-order valence-electron chi connectivity index (χ0n) is 27.5. The smallest absolute Gasteiger partial charge is 0.195 e. The maximum Gasteiger partial charge on any atom is 0.195 e. The number of aliphatic hydroxyl groups is 1. The van der Waals surface area contributed by atoms with E-state index in [0.717, 1.165) is 50.5 Å². The molecule has 0 bridgehead atoms. The van der Waals surface area contributed by atoms with Gasteiger partial charge in [0, 0.05) is 22.2 Å². The molecule has 0 aliphatic heterocycles. The normalized spacial score (nSPS) is 43.0. The summed E-state index contributed by atoms with van der Waals surface area (Å²) in [5.41, 5.74) is -1.65. The molecular formula is C37H50N2O4. The highest BCUT2D eigenvalue weighted by atomic mass is 16.5. The van der Waals surface area contributed by atoms with Crippen molar-refractivity contribution >= 4 is 17.5 Å². The molecule has 5 aliphatic carbocycles. The van der Waals surface area contributed by atoms with Crippen LogP contribution in [0.5, 0.6) is 0 Å². The number of nitrogens with zero attached hydrogens (tertiary/aromatic N) is 2. The number of carbonyl (C=O) groups is 2. The number of ether oxygens (including phenoxy) is 1. The van der Waals surface area contributed by atoms with Gasteiger partial charge in [0.2, 0.25) is 0 Å². The molecule has 5 rings (SSSR count). The first-order valence-corrected chi connectivity index (χ1v) is 15.9. The average Bonchev–Trinajstić information content (AvgIpc) is 2.94. The van der Waals surface area contributed by atoms with E-state index >= 15 is 0 Å². The van der Waals surface area contributed by atoms with Gasteiger partial charge in [0.1, 0.15) is 6.07 Å². The van der Waals surface area contributed by atoms with E-state index in [1.54, 1.807) is 7.11 Å². The highest BCUT2D eigenvalue weighted by molar-refractivity contribution is 6.05. The molecule has 7 atom stereocenters. The molecular weight excluding hydrogens is 536 g/mol. The number of aliphatic imine (C=N–C) groups is 1. The molecule has 3 saturated carbocycles. The highest BCUT2D eigenvalue weighted by Crippen LogP contribution is 2.78. The minimum atomic E-state index is -0.700. The Bertz CT molecular complexity index is 1440. The summed E-state index contributed by atoms with van der Waals surface area (Å²) in [6.45, 7) is 23.4. The van der Waals surface area contributed by atoms with Crippen molar-refractivity contribution in [3.05, 3.63) is 48.2 Å². The number of fused-ring (bicyclic) bond motifs is 7. The number of ketones is 2. The Morgan fingerprint density at radius 2 is 1.77 bits per heavy atom. The SMILES string of the molecule is C=C[C@@]12CC(C)(C)CC[C@]1(/C(=N/C(=C)CO)OC)CC[C@]1(C)[C@@H]2C(=O)C=C2[C@@]3(C)C=C(C#N)C(=O)C(C)(C)C3CC[C@]21C. The summed E-state index contributed by atoms with van der Waals surface area (Å²) in [4.78, 5) is 33.1. The van der Waals surface area contributed by atoms with Crippen LogP contribution < -0.4 is 0 Å². The summed E-state index contributed by atoms with van der Waals surface area (Å²) >= 11 is 0. The molecule has 1 N–H and O–H groups in total. The third kappa shape index (κ3) is 3.82. The van der Waals surface area contributed by atoms with Crippen molar-refractivity contribution in [2.45, 2.75) is 93.4 Å². The van der Waals surface area contributed by atoms with Gasteiger partial charge in [0.15, 0.2) is 17.5 Å². The van der Waals surface area contributed by atoms with Gasteiger partial charge in [-0.05, 0) is 73.2 Å². The minimum Gasteiger partial charge on any atom is -0.484 e. The number of allylic oxidation sites excluding steroid dienone is 5. The Morgan fingerprint density at radius 1 is 1.12 bits per heavy atom. The largest absolute Gasteiger partial charge is 0.484 e. The van der Waals surface area contributed by atoms with Crippen LogP contribution in [-0.2, 0) is 14.3 Å². The van der Waals surface area contributed by atoms with E-state index in [1.807, 2.05) is 26.0 Å². The quantitative estimate of drug-likeness (QED) is 0.211. The van der Waals surface area contributed by atoms with Gasteiger partial charge in [-0.25, -0.2) is 4.99 Å². The van der Waals surface area contributed by atoms with E-state index in [-0.39, 0.29) is 46.4 Å². The van der Waals surface area contributed by atoms with Gasteiger partial charge in [-0.1, -0.05) is 72.8 Å². The Kier molecular flexibility index (Phi) is 7.07. The predicted octanol–water partition coefficient (Wildman–Crippen LogP) is 7.31. The van der Waals surface area contributed by atoms with Crippen LogP contribution in [0, 0.1) is 61.1 Å². The molecule has 5 aliphatic rings. The monoisotopic (exact) mass is 586 g/mol. The van der Waals surface area contributed by atoms with Gasteiger partial charge in [-0.2, -0.15) is 5.26 Å². The number of hydrogen-bond donors (Lipinski definition) is 1. The fourth-order valence-electron chi connectivity index (χ4n) is 11.3. The maximum atomic E-state index is 15.0. The average molecular weight is 587 g/mol. The Morgan fingerprint density at radius 3 is 2.35 bits per heavy atom. The van der Waals surface area contributed by atoms with E-state index in [1.165, 1.54) is 0 Å². The summed E-state index contributed by atoms with van der Waals surface area (Å²) in [6, 6.07) is 2.19. The fraction of sp³-hybridized carbons (Fsp3) is 0.676. The third-order valence-corrected chi connectivity index (χ3v) is 13.5. The molecule has 43 heavy (non-hydrogen) atoms. The van der Waals surface area contributed by atoms with Crippen LogP contribution in [0.25, 0.3) is 0 Å². The second-order valence-corrected chi connectivity index (χ2v) is 16.3. The lowest BCUT2D eigenvalue weighted by molar-refractivity contribution is -0.182. The van der Waals surface area contributed by atoms with Gasteiger partial charge >= 0.3 is 0 Å². The molecule has 0 amide bonds. The first-order chi connectivity index (χ1) is 19.9. The lowest BCUT2D eigenvalue weighted by atomic mass is 9.30. The van der Waals surface area contributed by atoms with Crippen LogP contribution in [0.4, 0.5) is 0 Å². The Balaban J connectivity index is 1.78. The zero-order valence-corrected chi connectivity index (χ0v) is 27.5. The lowest BCUT2D eigenvalue weighted by Gasteiger charge is -2.72. The van der Waals surface area contributed by atoms with Crippen LogP contribution in [0.1, 0.15) is 93.4 Å². The van der Waals surface area contributed by atoms with Crippen LogP contribution in [-0.4, -0.2) is 36.3 Å². The first-order valence-electron chi connectivity index (χ1n) is 15.9. The van der Waals surface area contributed by atoms with Gasteiger partial charge in [-0.15, -0.1) is 6.58 Å². The van der Waals surface area contributed by atoms with Crippen molar-refractivity contribution < 1.29 is 19.4 Å². The van der Waals surface area contributed by atoms with Gasteiger partial charge in [0.25, 0.3) is 0 Å². The van der Waals surface area contributed by atoms with E-state index in [4.69, 9.17) is 9.73 Å². The molecule has 0 spiro atoms. The first kappa shape index (κ1) is 31.6. The number of methoxy groups -OCH3 is 1. The van der Waals surface area contributed by atoms with Gasteiger partial charge in [0.05, 0.1) is 30.4 Å². The molecule has 0 heterocycles. The van der Waals surface area contributed by atoms with E-state index < -0.39 is 27.1 Å². The van der Waals surface area contributed by atoms with Gasteiger partial charge < -0.3 is 9.84 Å². The number of hydrogen-bond acceptors (Lipinski definition) is 6.